The van der Waals surface area contributed by atoms with Crippen molar-refractivity contribution in [3.8, 4) is 0 Å². The van der Waals surface area contributed by atoms with Crippen molar-refractivity contribution in [2.24, 2.45) is 17.6 Å². The maximum Gasteiger partial charge on any atom is 0.221 e. The van der Waals surface area contributed by atoms with Crippen molar-refractivity contribution in [1.82, 2.24) is 10.2 Å². The molecule has 1 saturated carbocycles. The molecule has 0 aromatic carbocycles. The summed E-state index contributed by atoms with van der Waals surface area (Å²) in [5.41, 5.74) is 5.86. The van der Waals surface area contributed by atoms with Gasteiger partial charge in [-0.05, 0) is 37.6 Å². The molecule has 4 heteroatoms. The van der Waals surface area contributed by atoms with Crippen LogP contribution in [-0.2, 0) is 4.79 Å². The highest BCUT2D eigenvalue weighted by atomic mass is 16.1. The standard InChI is InChI=1S/C14H27N3O/c1-10-5-6-17(9-11(10)2)13(8-15)7-14(18)16-12-3-4-12/h10-13H,3-9,15H2,1-2H3,(H,16,18). The first-order valence-electron chi connectivity index (χ1n) is 7.33. The summed E-state index contributed by atoms with van der Waals surface area (Å²) in [6.07, 6.45) is 4.09. The summed E-state index contributed by atoms with van der Waals surface area (Å²) in [4.78, 5) is 14.3. The predicted octanol–water partition coefficient (Wildman–Crippen LogP) is 0.960. The number of hydrogen-bond donors (Lipinski definition) is 2. The minimum absolute atomic E-state index is 0.180. The summed E-state index contributed by atoms with van der Waals surface area (Å²) in [6.45, 7) is 7.37. The third kappa shape index (κ3) is 3.69. The maximum absolute atomic E-state index is 11.9. The van der Waals surface area contributed by atoms with Crippen LogP contribution in [0.1, 0.15) is 39.5 Å². The fourth-order valence-corrected chi connectivity index (χ4v) is 2.72. The molecule has 1 aliphatic heterocycles. The number of nitrogens with two attached hydrogens (primary N) is 1. The number of likely N-dealkylation sites (tertiary alicyclic amines) is 1. The van der Waals surface area contributed by atoms with Crippen LogP contribution in [0.4, 0.5) is 0 Å². The van der Waals surface area contributed by atoms with Crippen molar-refractivity contribution in [2.75, 3.05) is 19.6 Å². The Bertz CT molecular complexity index is 291. The van der Waals surface area contributed by atoms with E-state index in [2.05, 4.69) is 24.1 Å². The first-order valence-corrected chi connectivity index (χ1v) is 7.33. The first-order chi connectivity index (χ1) is 8.60. The molecule has 1 amide bonds. The zero-order valence-electron chi connectivity index (χ0n) is 11.7. The molecule has 3 atom stereocenters. The fraction of sp³-hybridized carbons (Fsp3) is 0.929. The SMILES string of the molecule is CC1CCN(C(CN)CC(=O)NC2CC2)CC1C. The molecule has 18 heavy (non-hydrogen) atoms. The second-order valence-corrected chi connectivity index (χ2v) is 6.17. The Labute approximate surface area is 110 Å². The summed E-state index contributed by atoms with van der Waals surface area (Å²) in [7, 11) is 0. The topological polar surface area (TPSA) is 58.4 Å². The van der Waals surface area contributed by atoms with Crippen molar-refractivity contribution in [3.63, 3.8) is 0 Å². The van der Waals surface area contributed by atoms with Gasteiger partial charge in [0, 0.05) is 31.6 Å². The van der Waals surface area contributed by atoms with Crippen LogP contribution in [0.3, 0.4) is 0 Å². The van der Waals surface area contributed by atoms with Crippen molar-refractivity contribution in [1.29, 1.82) is 0 Å². The van der Waals surface area contributed by atoms with E-state index in [9.17, 15) is 4.79 Å². The van der Waals surface area contributed by atoms with Crippen molar-refractivity contribution >= 4 is 5.91 Å². The molecular weight excluding hydrogens is 226 g/mol. The monoisotopic (exact) mass is 253 g/mol. The molecule has 3 unspecified atom stereocenters. The average molecular weight is 253 g/mol. The molecule has 1 saturated heterocycles. The molecule has 0 aromatic rings. The van der Waals surface area contributed by atoms with E-state index in [0.717, 1.165) is 31.8 Å². The Hall–Kier alpha value is -0.610. The molecular formula is C14H27N3O. The average Bonchev–Trinajstić information content (AvgIpc) is 3.13. The summed E-state index contributed by atoms with van der Waals surface area (Å²) in [5, 5.41) is 3.06. The van der Waals surface area contributed by atoms with Gasteiger partial charge in [0.2, 0.25) is 5.91 Å². The van der Waals surface area contributed by atoms with Crippen LogP contribution in [0.2, 0.25) is 0 Å². The van der Waals surface area contributed by atoms with Crippen LogP contribution in [-0.4, -0.2) is 42.5 Å². The van der Waals surface area contributed by atoms with E-state index in [4.69, 9.17) is 5.73 Å². The summed E-state index contributed by atoms with van der Waals surface area (Å²) in [5.74, 6) is 1.68. The van der Waals surface area contributed by atoms with E-state index in [1.165, 1.54) is 6.42 Å². The molecule has 0 bridgehead atoms. The van der Waals surface area contributed by atoms with Gasteiger partial charge in [-0.2, -0.15) is 0 Å². The van der Waals surface area contributed by atoms with Gasteiger partial charge in [0.1, 0.15) is 0 Å². The molecule has 4 nitrogen and oxygen atoms in total. The highest BCUT2D eigenvalue weighted by Crippen LogP contribution is 2.25. The molecule has 0 radical (unpaired) electrons. The Kier molecular flexibility index (Phi) is 4.62. The molecule has 0 spiro atoms. The summed E-state index contributed by atoms with van der Waals surface area (Å²) < 4.78 is 0. The van der Waals surface area contributed by atoms with Crippen LogP contribution in [0.5, 0.6) is 0 Å². The minimum atomic E-state index is 0.180. The van der Waals surface area contributed by atoms with Gasteiger partial charge >= 0.3 is 0 Å². The number of amides is 1. The van der Waals surface area contributed by atoms with E-state index in [-0.39, 0.29) is 11.9 Å². The normalized spacial score (nSPS) is 31.1. The van der Waals surface area contributed by atoms with E-state index in [0.29, 0.717) is 24.9 Å². The molecule has 3 N–H and O–H groups in total. The minimum Gasteiger partial charge on any atom is -0.353 e. The van der Waals surface area contributed by atoms with Crippen LogP contribution < -0.4 is 11.1 Å². The highest BCUT2D eigenvalue weighted by Gasteiger charge is 2.29. The number of piperidine rings is 1. The van der Waals surface area contributed by atoms with E-state index < -0.39 is 0 Å². The summed E-state index contributed by atoms with van der Waals surface area (Å²) >= 11 is 0. The van der Waals surface area contributed by atoms with Crippen LogP contribution in [0.15, 0.2) is 0 Å². The fourth-order valence-electron chi connectivity index (χ4n) is 2.72. The van der Waals surface area contributed by atoms with E-state index in [1.807, 2.05) is 0 Å². The maximum atomic E-state index is 11.9. The number of nitrogens with zero attached hydrogens (tertiary/aromatic N) is 1. The lowest BCUT2D eigenvalue weighted by Crippen LogP contribution is -2.49. The van der Waals surface area contributed by atoms with Crippen LogP contribution in [0, 0.1) is 11.8 Å². The molecule has 1 aliphatic carbocycles. The second kappa shape index (κ2) is 6.02. The van der Waals surface area contributed by atoms with Gasteiger partial charge in [-0.1, -0.05) is 13.8 Å². The lowest BCUT2D eigenvalue weighted by molar-refractivity contribution is -0.122. The number of carbonyl (C=O) groups is 1. The lowest BCUT2D eigenvalue weighted by atomic mass is 9.87. The van der Waals surface area contributed by atoms with Crippen LogP contribution >= 0.6 is 0 Å². The largest absolute Gasteiger partial charge is 0.353 e. The number of hydrogen-bond acceptors (Lipinski definition) is 3. The van der Waals surface area contributed by atoms with Gasteiger partial charge < -0.3 is 11.1 Å². The molecule has 0 aromatic heterocycles. The molecule has 2 aliphatic rings. The highest BCUT2D eigenvalue weighted by molar-refractivity contribution is 5.77. The lowest BCUT2D eigenvalue weighted by Gasteiger charge is -2.39. The van der Waals surface area contributed by atoms with Gasteiger partial charge in [0.25, 0.3) is 0 Å². The number of rotatable bonds is 5. The van der Waals surface area contributed by atoms with Gasteiger partial charge in [-0.15, -0.1) is 0 Å². The second-order valence-electron chi connectivity index (χ2n) is 6.17. The van der Waals surface area contributed by atoms with Crippen molar-refractivity contribution in [3.05, 3.63) is 0 Å². The third-order valence-corrected chi connectivity index (χ3v) is 4.52. The molecule has 104 valence electrons. The van der Waals surface area contributed by atoms with E-state index >= 15 is 0 Å². The first kappa shape index (κ1) is 13.8. The molecule has 2 rings (SSSR count). The summed E-state index contributed by atoms with van der Waals surface area (Å²) in [6, 6.07) is 0.676. The smallest absolute Gasteiger partial charge is 0.221 e. The Morgan fingerprint density at radius 3 is 2.61 bits per heavy atom. The zero-order valence-corrected chi connectivity index (χ0v) is 11.7. The van der Waals surface area contributed by atoms with Gasteiger partial charge in [0.15, 0.2) is 0 Å². The van der Waals surface area contributed by atoms with E-state index in [1.54, 1.807) is 0 Å². The van der Waals surface area contributed by atoms with Crippen molar-refractivity contribution in [2.45, 2.75) is 51.6 Å². The molecule has 2 fully saturated rings. The zero-order chi connectivity index (χ0) is 13.1. The Balaban J connectivity index is 1.81. The van der Waals surface area contributed by atoms with Crippen molar-refractivity contribution < 1.29 is 4.79 Å². The Morgan fingerprint density at radius 1 is 1.33 bits per heavy atom. The number of nitrogens with one attached hydrogen (secondary N) is 1. The third-order valence-electron chi connectivity index (χ3n) is 4.52. The van der Waals surface area contributed by atoms with Gasteiger partial charge in [0.05, 0.1) is 0 Å². The Morgan fingerprint density at radius 2 is 2.06 bits per heavy atom. The van der Waals surface area contributed by atoms with Crippen LogP contribution in [0.25, 0.3) is 0 Å². The quantitative estimate of drug-likeness (QED) is 0.767. The molecule has 1 heterocycles. The van der Waals surface area contributed by atoms with Gasteiger partial charge in [-0.3, -0.25) is 9.69 Å². The number of carbonyl (C=O) groups excluding carboxylic acids is 1. The van der Waals surface area contributed by atoms with Gasteiger partial charge in [-0.25, -0.2) is 0 Å². The predicted molar refractivity (Wildman–Crippen MR) is 73.1 cm³/mol.